The maximum atomic E-state index is 4.86. The van der Waals surface area contributed by atoms with Crippen molar-refractivity contribution in [3.05, 3.63) is 140 Å². The van der Waals surface area contributed by atoms with E-state index in [0.29, 0.717) is 0 Å². The Labute approximate surface area is 230 Å². The standard InChI is InChI=1S/C21H12N.C13H10N.Ir/c1-2-7-14(8-3-1)20-13-18-16-10-5-4-9-15(16)17-11-6-12-19(22-20)21(17)18;1-2-11-7-3-4-8-12(11)13-9-5-6-10-14-13;/h1-7,9-13H;2-7,9-10H,1H2;/q2*-1;. The first-order valence-corrected chi connectivity index (χ1v) is 11.9. The maximum absolute atomic E-state index is 4.86. The molecule has 1 aliphatic rings. The zero-order chi connectivity index (χ0) is 24.3. The molecule has 1 radical (unpaired) electrons. The fraction of sp³-hybridized carbons (Fsp3) is 0. The second-order valence-electron chi connectivity index (χ2n) is 8.50. The van der Waals surface area contributed by atoms with Gasteiger partial charge in [-0.15, -0.1) is 83.9 Å². The number of hydrogen-bond acceptors (Lipinski definition) is 2. The van der Waals surface area contributed by atoms with Crippen LogP contribution in [0.15, 0.2) is 122 Å². The second kappa shape index (κ2) is 10.8. The van der Waals surface area contributed by atoms with Gasteiger partial charge in [0.2, 0.25) is 0 Å². The fourth-order valence-electron chi connectivity index (χ4n) is 4.72. The van der Waals surface area contributed by atoms with Crippen molar-refractivity contribution < 1.29 is 20.1 Å². The smallest absolute Gasteiger partial charge is 0.0607 e. The molecule has 0 aliphatic heterocycles. The summed E-state index contributed by atoms with van der Waals surface area (Å²) < 4.78 is 0. The van der Waals surface area contributed by atoms with Gasteiger partial charge in [-0.05, 0) is 45.8 Å². The molecule has 37 heavy (non-hydrogen) atoms. The van der Waals surface area contributed by atoms with Crippen LogP contribution in [0.4, 0.5) is 0 Å². The Morgan fingerprint density at radius 3 is 2.16 bits per heavy atom. The summed E-state index contributed by atoms with van der Waals surface area (Å²) in [7, 11) is 0. The summed E-state index contributed by atoms with van der Waals surface area (Å²) in [4.78, 5) is 9.14. The Bertz CT molecular complexity index is 1690. The molecule has 0 saturated carbocycles. The normalized spacial score (nSPS) is 10.6. The first-order valence-electron chi connectivity index (χ1n) is 11.9. The van der Waals surface area contributed by atoms with Gasteiger partial charge in [-0.25, -0.2) is 0 Å². The number of hydrogen-bond donors (Lipinski definition) is 0. The van der Waals surface area contributed by atoms with Gasteiger partial charge in [-0.1, -0.05) is 54.6 Å². The van der Waals surface area contributed by atoms with Crippen LogP contribution in [0.1, 0.15) is 5.56 Å². The van der Waals surface area contributed by atoms with Gasteiger partial charge in [0.25, 0.3) is 0 Å². The number of nitrogens with zero attached hydrogens (tertiary/aromatic N) is 2. The Balaban J connectivity index is 0.000000163. The van der Waals surface area contributed by atoms with E-state index in [1.54, 1.807) is 6.20 Å². The van der Waals surface area contributed by atoms with Gasteiger partial charge in [0.05, 0.1) is 5.52 Å². The average molecular weight is 651 g/mol. The Hall–Kier alpha value is -4.17. The first-order chi connectivity index (χ1) is 17.8. The number of fused-ring (bicyclic) bond motifs is 3. The molecule has 6 aromatic rings. The molecule has 4 aromatic carbocycles. The van der Waals surface area contributed by atoms with Gasteiger partial charge in [0.15, 0.2) is 0 Å². The molecule has 2 aromatic heterocycles. The molecule has 0 amide bonds. The van der Waals surface area contributed by atoms with Crippen molar-refractivity contribution in [2.75, 3.05) is 0 Å². The van der Waals surface area contributed by atoms with E-state index in [4.69, 9.17) is 4.98 Å². The van der Waals surface area contributed by atoms with Crippen LogP contribution in [0.3, 0.4) is 0 Å². The van der Waals surface area contributed by atoms with Crippen molar-refractivity contribution in [1.29, 1.82) is 0 Å². The van der Waals surface area contributed by atoms with Crippen LogP contribution < -0.4 is 0 Å². The summed E-state index contributed by atoms with van der Waals surface area (Å²) in [6.07, 6.45) is 3.60. The van der Waals surface area contributed by atoms with E-state index in [9.17, 15) is 0 Å². The summed E-state index contributed by atoms with van der Waals surface area (Å²) in [5.74, 6) is 0. The van der Waals surface area contributed by atoms with Crippen molar-refractivity contribution in [2.45, 2.75) is 0 Å². The van der Waals surface area contributed by atoms with Crippen LogP contribution in [0, 0.1) is 12.1 Å². The Morgan fingerprint density at radius 1 is 0.649 bits per heavy atom. The third-order valence-corrected chi connectivity index (χ3v) is 6.36. The van der Waals surface area contributed by atoms with Gasteiger partial charge in [0.1, 0.15) is 0 Å². The van der Waals surface area contributed by atoms with Gasteiger partial charge < -0.3 is 4.98 Å². The van der Waals surface area contributed by atoms with Gasteiger partial charge in [-0.3, -0.25) is 4.98 Å². The minimum absolute atomic E-state index is 0. The van der Waals surface area contributed by atoms with E-state index in [2.05, 4.69) is 78.3 Å². The van der Waals surface area contributed by atoms with Gasteiger partial charge in [-0.2, -0.15) is 0 Å². The van der Waals surface area contributed by atoms with E-state index in [-0.39, 0.29) is 20.1 Å². The van der Waals surface area contributed by atoms with Crippen LogP contribution in [0.25, 0.3) is 61.7 Å². The van der Waals surface area contributed by atoms with Crippen molar-refractivity contribution in [3.63, 3.8) is 0 Å². The van der Waals surface area contributed by atoms with Crippen molar-refractivity contribution >= 4 is 17.0 Å². The summed E-state index contributed by atoms with van der Waals surface area (Å²) in [6, 6.07) is 43.3. The SMILES string of the molecule is C=Cc1ccc[c-]c1-c1ccccn1.[Ir].[c-]1ccccc1-c1cc2c3c(cccc3n1)-c1ccccc1-2. The van der Waals surface area contributed by atoms with E-state index in [0.717, 1.165) is 33.6 Å². The molecule has 0 bridgehead atoms. The number of rotatable bonds is 3. The molecule has 0 saturated heterocycles. The predicted molar refractivity (Wildman–Crippen MR) is 149 cm³/mol. The van der Waals surface area contributed by atoms with Crippen molar-refractivity contribution in [2.24, 2.45) is 0 Å². The maximum Gasteiger partial charge on any atom is 0.0607 e. The van der Waals surface area contributed by atoms with Crippen molar-refractivity contribution in [3.8, 4) is 44.8 Å². The van der Waals surface area contributed by atoms with Gasteiger partial charge >= 0.3 is 0 Å². The van der Waals surface area contributed by atoms with Crippen molar-refractivity contribution in [1.82, 2.24) is 9.97 Å². The van der Waals surface area contributed by atoms with E-state index >= 15 is 0 Å². The average Bonchev–Trinajstić information content (AvgIpc) is 3.29. The topological polar surface area (TPSA) is 25.8 Å². The fourth-order valence-corrected chi connectivity index (χ4v) is 4.72. The number of pyridine rings is 2. The Kier molecular flexibility index (Phi) is 7.18. The minimum Gasteiger partial charge on any atom is -0.305 e. The molecule has 3 heteroatoms. The Morgan fingerprint density at radius 2 is 1.41 bits per heavy atom. The minimum atomic E-state index is 0. The molecule has 1 aliphatic carbocycles. The zero-order valence-corrected chi connectivity index (χ0v) is 22.4. The molecule has 179 valence electrons. The molecule has 0 unspecified atom stereocenters. The third kappa shape index (κ3) is 4.68. The van der Waals surface area contributed by atoms with Crippen LogP contribution >= 0.6 is 0 Å². The largest absolute Gasteiger partial charge is 0.305 e. The molecule has 2 heterocycles. The monoisotopic (exact) mass is 651 g/mol. The molecule has 7 rings (SSSR count). The summed E-state index contributed by atoms with van der Waals surface area (Å²) in [5.41, 5.74) is 11.2. The molecular formula is C34H22IrN2-2. The molecular weight excluding hydrogens is 629 g/mol. The third-order valence-electron chi connectivity index (χ3n) is 6.36. The second-order valence-corrected chi connectivity index (χ2v) is 8.50. The molecule has 0 N–H and O–H groups in total. The van der Waals surface area contributed by atoms with Crippen LogP contribution in [-0.4, -0.2) is 9.97 Å². The molecule has 0 spiro atoms. The number of benzene rings is 4. The van der Waals surface area contributed by atoms with E-state index < -0.39 is 0 Å². The van der Waals surface area contributed by atoms with Crippen LogP contribution in [0.5, 0.6) is 0 Å². The quantitative estimate of drug-likeness (QED) is 0.179. The van der Waals surface area contributed by atoms with Crippen LogP contribution in [-0.2, 0) is 20.1 Å². The van der Waals surface area contributed by atoms with Gasteiger partial charge in [0, 0.05) is 31.7 Å². The predicted octanol–water partition coefficient (Wildman–Crippen LogP) is 8.54. The van der Waals surface area contributed by atoms with E-state index in [1.807, 2.05) is 60.7 Å². The summed E-state index contributed by atoms with van der Waals surface area (Å²) in [5, 5.41) is 1.27. The summed E-state index contributed by atoms with van der Waals surface area (Å²) in [6.45, 7) is 3.77. The number of aromatic nitrogens is 2. The molecule has 0 fully saturated rings. The zero-order valence-electron chi connectivity index (χ0n) is 20.0. The molecule has 2 nitrogen and oxygen atoms in total. The molecule has 0 atom stereocenters. The summed E-state index contributed by atoms with van der Waals surface area (Å²) >= 11 is 0. The first kappa shape index (κ1) is 24.5. The van der Waals surface area contributed by atoms with E-state index in [1.165, 1.54) is 27.6 Å². The van der Waals surface area contributed by atoms with Crippen LogP contribution in [0.2, 0.25) is 0 Å².